The first kappa shape index (κ1) is 22.9. The Balaban J connectivity index is 1.87. The predicted molar refractivity (Wildman–Crippen MR) is 120 cm³/mol. The van der Waals surface area contributed by atoms with E-state index in [1.165, 1.54) is 0 Å². The molecule has 0 saturated carbocycles. The molecule has 0 spiro atoms. The van der Waals surface area contributed by atoms with Crippen LogP contribution in [0.2, 0.25) is 0 Å². The van der Waals surface area contributed by atoms with Gasteiger partial charge in [0.05, 0.1) is 6.54 Å². The largest absolute Gasteiger partial charge is 0.376 e. The van der Waals surface area contributed by atoms with Crippen LogP contribution in [-0.2, 0) is 4.79 Å². The van der Waals surface area contributed by atoms with Crippen LogP contribution in [0.1, 0.15) is 54.8 Å². The molecule has 2 aromatic rings. The molecule has 0 fully saturated rings. The summed E-state index contributed by atoms with van der Waals surface area (Å²) in [6.45, 7) is 8.42. The highest BCUT2D eigenvalue weighted by atomic mass is 16.2. The highest BCUT2D eigenvalue weighted by Crippen LogP contribution is 2.13. The average Bonchev–Trinajstić information content (AvgIpc) is 2.69. The Labute approximate surface area is 177 Å². The maximum Gasteiger partial charge on any atom is 0.251 e. The number of carbonyl (C=O) groups is 3. The molecule has 7 heteroatoms. The molecular formula is C23H30N4O3. The smallest absolute Gasteiger partial charge is 0.251 e. The van der Waals surface area contributed by atoms with Crippen molar-refractivity contribution >= 4 is 29.1 Å². The molecule has 0 bridgehead atoms. The lowest BCUT2D eigenvalue weighted by molar-refractivity contribution is -0.114. The Hall–Kier alpha value is -3.35. The molecule has 30 heavy (non-hydrogen) atoms. The summed E-state index contributed by atoms with van der Waals surface area (Å²) in [5.74, 6) is -0.549. The van der Waals surface area contributed by atoms with Crippen molar-refractivity contribution in [2.45, 2.75) is 39.7 Å². The lowest BCUT2D eigenvalue weighted by atomic mass is 10.1. The van der Waals surface area contributed by atoms with Crippen molar-refractivity contribution < 1.29 is 14.4 Å². The van der Waals surface area contributed by atoms with Gasteiger partial charge in [-0.1, -0.05) is 13.0 Å². The molecule has 0 aliphatic heterocycles. The van der Waals surface area contributed by atoms with Gasteiger partial charge in [-0.15, -0.1) is 0 Å². The average molecular weight is 411 g/mol. The molecule has 4 N–H and O–H groups in total. The van der Waals surface area contributed by atoms with Crippen LogP contribution in [-0.4, -0.2) is 36.3 Å². The number of hydrogen-bond acceptors (Lipinski definition) is 4. The fourth-order valence-corrected chi connectivity index (χ4v) is 2.62. The van der Waals surface area contributed by atoms with Crippen LogP contribution in [0.5, 0.6) is 0 Å². The molecule has 0 unspecified atom stereocenters. The Morgan fingerprint density at radius 1 is 0.867 bits per heavy atom. The summed E-state index contributed by atoms with van der Waals surface area (Å²) in [6, 6.07) is 13.7. The van der Waals surface area contributed by atoms with Crippen LogP contribution in [0.4, 0.5) is 11.4 Å². The molecule has 7 nitrogen and oxygen atoms in total. The van der Waals surface area contributed by atoms with E-state index in [0.717, 1.165) is 12.1 Å². The Bertz CT molecular complexity index is 886. The zero-order valence-electron chi connectivity index (χ0n) is 18.0. The van der Waals surface area contributed by atoms with Crippen molar-refractivity contribution in [2.24, 2.45) is 0 Å². The van der Waals surface area contributed by atoms with E-state index in [9.17, 15) is 14.4 Å². The molecule has 0 heterocycles. The Kier molecular flexibility index (Phi) is 7.98. The summed E-state index contributed by atoms with van der Waals surface area (Å²) in [7, 11) is 0. The lowest BCUT2D eigenvalue weighted by Gasteiger charge is -2.20. The Morgan fingerprint density at radius 3 is 2.20 bits per heavy atom. The highest BCUT2D eigenvalue weighted by Gasteiger charge is 2.15. The van der Waals surface area contributed by atoms with Gasteiger partial charge in [0.15, 0.2) is 0 Å². The SMILES string of the molecule is CCCNC(=O)c1cccc(NC(=O)CNc2ccc(C(=O)NC(C)(C)C)cc2)c1. The molecule has 2 rings (SSSR count). The second-order valence-corrected chi connectivity index (χ2v) is 8.02. The first-order chi connectivity index (χ1) is 14.2. The van der Waals surface area contributed by atoms with Gasteiger partial charge in [0.1, 0.15) is 0 Å². The van der Waals surface area contributed by atoms with Gasteiger partial charge in [-0.05, 0) is 69.7 Å². The third-order valence-electron chi connectivity index (χ3n) is 4.03. The Morgan fingerprint density at radius 2 is 1.57 bits per heavy atom. The number of carbonyl (C=O) groups excluding carboxylic acids is 3. The number of hydrogen-bond donors (Lipinski definition) is 4. The van der Waals surface area contributed by atoms with Crippen molar-refractivity contribution in [3.63, 3.8) is 0 Å². The number of anilines is 2. The molecule has 160 valence electrons. The van der Waals surface area contributed by atoms with Crippen molar-refractivity contribution in [3.8, 4) is 0 Å². The number of amides is 3. The van der Waals surface area contributed by atoms with Crippen LogP contribution in [0.25, 0.3) is 0 Å². The maximum absolute atomic E-state index is 12.2. The third kappa shape index (κ3) is 7.58. The predicted octanol–water partition coefficient (Wildman–Crippen LogP) is 3.41. The van der Waals surface area contributed by atoms with Gasteiger partial charge in [0, 0.05) is 34.6 Å². The van der Waals surface area contributed by atoms with Crippen molar-refractivity contribution in [2.75, 3.05) is 23.7 Å². The van der Waals surface area contributed by atoms with E-state index in [1.54, 1.807) is 48.5 Å². The number of benzene rings is 2. The van der Waals surface area contributed by atoms with Crippen molar-refractivity contribution in [1.29, 1.82) is 0 Å². The zero-order valence-corrected chi connectivity index (χ0v) is 18.0. The highest BCUT2D eigenvalue weighted by molar-refractivity contribution is 5.98. The molecule has 0 saturated heterocycles. The van der Waals surface area contributed by atoms with E-state index < -0.39 is 0 Å². The number of rotatable bonds is 8. The normalized spacial score (nSPS) is 10.8. The summed E-state index contributed by atoms with van der Waals surface area (Å²) >= 11 is 0. The molecule has 0 aromatic heterocycles. The van der Waals surface area contributed by atoms with Gasteiger partial charge in [0.25, 0.3) is 11.8 Å². The second-order valence-electron chi connectivity index (χ2n) is 8.02. The minimum absolute atomic E-state index is 0.0554. The first-order valence-corrected chi connectivity index (χ1v) is 10.0. The van der Waals surface area contributed by atoms with Gasteiger partial charge >= 0.3 is 0 Å². The van der Waals surface area contributed by atoms with E-state index in [-0.39, 0.29) is 29.8 Å². The van der Waals surface area contributed by atoms with E-state index in [4.69, 9.17) is 0 Å². The van der Waals surface area contributed by atoms with Crippen LogP contribution in [0.15, 0.2) is 48.5 Å². The molecule has 0 atom stereocenters. The molecule has 0 radical (unpaired) electrons. The summed E-state index contributed by atoms with van der Waals surface area (Å²) in [5, 5.41) is 11.5. The van der Waals surface area contributed by atoms with Gasteiger partial charge in [-0.2, -0.15) is 0 Å². The molecule has 3 amide bonds. The molecule has 0 aliphatic rings. The van der Waals surface area contributed by atoms with Gasteiger partial charge < -0.3 is 21.3 Å². The number of nitrogens with one attached hydrogen (secondary N) is 4. The zero-order chi connectivity index (χ0) is 22.1. The third-order valence-corrected chi connectivity index (χ3v) is 4.03. The standard InChI is InChI=1S/C23H30N4O3/c1-5-13-24-21(29)17-7-6-8-19(14-17)26-20(28)15-25-18-11-9-16(10-12-18)22(30)27-23(2,3)4/h6-12,14,25H,5,13,15H2,1-4H3,(H,24,29)(H,26,28)(H,27,30). The second kappa shape index (κ2) is 10.4. The van der Waals surface area contributed by atoms with E-state index >= 15 is 0 Å². The van der Waals surface area contributed by atoms with Crippen molar-refractivity contribution in [1.82, 2.24) is 10.6 Å². The quantitative estimate of drug-likeness (QED) is 0.536. The fourth-order valence-electron chi connectivity index (χ4n) is 2.62. The summed E-state index contributed by atoms with van der Waals surface area (Å²) in [6.07, 6.45) is 0.857. The lowest BCUT2D eigenvalue weighted by Crippen LogP contribution is -2.40. The van der Waals surface area contributed by atoms with Crippen LogP contribution < -0.4 is 21.3 Å². The van der Waals surface area contributed by atoms with E-state index in [2.05, 4.69) is 21.3 Å². The topological polar surface area (TPSA) is 99.3 Å². The summed E-state index contributed by atoms with van der Waals surface area (Å²) in [5.41, 5.74) is 2.03. The molecular weight excluding hydrogens is 380 g/mol. The van der Waals surface area contributed by atoms with Gasteiger partial charge in [-0.3, -0.25) is 14.4 Å². The minimum Gasteiger partial charge on any atom is -0.376 e. The maximum atomic E-state index is 12.2. The summed E-state index contributed by atoms with van der Waals surface area (Å²) in [4.78, 5) is 36.4. The van der Waals surface area contributed by atoms with E-state index in [0.29, 0.717) is 23.4 Å². The monoisotopic (exact) mass is 410 g/mol. The van der Waals surface area contributed by atoms with Crippen LogP contribution in [0, 0.1) is 0 Å². The summed E-state index contributed by atoms with van der Waals surface area (Å²) < 4.78 is 0. The molecule has 2 aromatic carbocycles. The van der Waals surface area contributed by atoms with Gasteiger partial charge in [-0.25, -0.2) is 0 Å². The van der Waals surface area contributed by atoms with Gasteiger partial charge in [0.2, 0.25) is 5.91 Å². The van der Waals surface area contributed by atoms with Crippen LogP contribution >= 0.6 is 0 Å². The fraction of sp³-hybridized carbons (Fsp3) is 0.348. The molecule has 0 aliphatic carbocycles. The van der Waals surface area contributed by atoms with E-state index in [1.807, 2.05) is 27.7 Å². The van der Waals surface area contributed by atoms with Crippen molar-refractivity contribution in [3.05, 3.63) is 59.7 Å². The van der Waals surface area contributed by atoms with Crippen LogP contribution in [0.3, 0.4) is 0 Å². The minimum atomic E-state index is -0.305. The first-order valence-electron chi connectivity index (χ1n) is 10.0.